The highest BCUT2D eigenvalue weighted by Gasteiger charge is 2.22. The van der Waals surface area contributed by atoms with Gasteiger partial charge < -0.3 is 0 Å². The van der Waals surface area contributed by atoms with E-state index in [0.717, 1.165) is 18.7 Å². The van der Waals surface area contributed by atoms with Gasteiger partial charge in [-0.1, -0.05) is 22.4 Å². The average molecular weight is 200 g/mol. The van der Waals surface area contributed by atoms with Crippen molar-refractivity contribution in [3.63, 3.8) is 0 Å². The van der Waals surface area contributed by atoms with Crippen LogP contribution in [-0.4, -0.2) is 9.78 Å². The molecule has 3 nitrogen and oxygen atoms in total. The molecule has 15 heavy (non-hydrogen) atoms. The molecule has 0 amide bonds. The fourth-order valence-electron chi connectivity index (χ4n) is 2.02. The monoisotopic (exact) mass is 200 g/mol. The van der Waals surface area contributed by atoms with Crippen molar-refractivity contribution in [1.82, 2.24) is 9.78 Å². The number of aryl methyl sites for hydroxylation is 3. The van der Waals surface area contributed by atoms with Crippen molar-refractivity contribution in [3.05, 3.63) is 42.0 Å². The molecule has 3 rings (SSSR count). The van der Waals surface area contributed by atoms with Crippen LogP contribution < -0.4 is 4.57 Å². The minimum absolute atomic E-state index is 1.11. The fourth-order valence-corrected chi connectivity index (χ4v) is 2.02. The molecule has 0 atom stereocenters. The van der Waals surface area contributed by atoms with Crippen molar-refractivity contribution in [1.29, 1.82) is 0 Å². The van der Waals surface area contributed by atoms with Crippen LogP contribution in [-0.2, 0) is 13.0 Å². The first-order valence-corrected chi connectivity index (χ1v) is 5.38. The number of fused-ring (bicyclic) bond motifs is 1. The van der Waals surface area contributed by atoms with Gasteiger partial charge in [0, 0.05) is 11.5 Å². The molecule has 0 fully saturated rings. The van der Waals surface area contributed by atoms with Crippen molar-refractivity contribution in [2.75, 3.05) is 0 Å². The summed E-state index contributed by atoms with van der Waals surface area (Å²) in [5, 5.41) is 4.57. The van der Waals surface area contributed by atoms with E-state index in [1.54, 1.807) is 0 Å². The zero-order valence-electron chi connectivity index (χ0n) is 8.85. The van der Waals surface area contributed by atoms with E-state index in [9.17, 15) is 0 Å². The second-order valence-corrected chi connectivity index (χ2v) is 4.11. The molecule has 1 aromatic heterocycles. The number of hydrogen-bond acceptors (Lipinski definition) is 1. The van der Waals surface area contributed by atoms with Gasteiger partial charge in [0.15, 0.2) is 0 Å². The third kappa shape index (κ3) is 1.44. The van der Waals surface area contributed by atoms with Gasteiger partial charge in [-0.15, -0.1) is 0 Å². The van der Waals surface area contributed by atoms with Crippen molar-refractivity contribution < 1.29 is 4.57 Å². The van der Waals surface area contributed by atoms with Gasteiger partial charge in [0.05, 0.1) is 6.54 Å². The van der Waals surface area contributed by atoms with Gasteiger partial charge in [0.25, 0.3) is 5.82 Å². The molecule has 1 aromatic carbocycles. The topological polar surface area (TPSA) is 21.7 Å². The van der Waals surface area contributed by atoms with E-state index in [1.165, 1.54) is 17.8 Å². The summed E-state index contributed by atoms with van der Waals surface area (Å²) >= 11 is 0. The molecule has 76 valence electrons. The summed E-state index contributed by atoms with van der Waals surface area (Å²) < 4.78 is 4.20. The maximum absolute atomic E-state index is 4.57. The van der Waals surface area contributed by atoms with Crippen LogP contribution in [0.2, 0.25) is 0 Å². The number of rotatable bonds is 1. The molecule has 0 radical (unpaired) electrons. The van der Waals surface area contributed by atoms with Gasteiger partial charge in [-0.25, -0.2) is 4.57 Å². The van der Waals surface area contributed by atoms with E-state index < -0.39 is 0 Å². The van der Waals surface area contributed by atoms with Crippen LogP contribution in [0.5, 0.6) is 0 Å². The standard InChI is InChI=1S/C12H14N3/c1-10-4-6-11(7-5-10)15-9-14-8-2-3-12(14)13-15/h4-7,9H,2-3,8H2,1H3/q+1. The Bertz CT molecular complexity index is 461. The highest BCUT2D eigenvalue weighted by Crippen LogP contribution is 2.09. The Kier molecular flexibility index (Phi) is 1.84. The molecule has 0 saturated heterocycles. The highest BCUT2D eigenvalue weighted by atomic mass is 15.4. The van der Waals surface area contributed by atoms with Crippen molar-refractivity contribution in [2.45, 2.75) is 26.3 Å². The molecule has 0 bridgehead atoms. The third-order valence-corrected chi connectivity index (χ3v) is 2.90. The molecule has 2 heterocycles. The lowest BCUT2D eigenvalue weighted by atomic mass is 10.2. The summed E-state index contributed by atoms with van der Waals surface area (Å²) in [5.74, 6) is 1.20. The predicted octanol–water partition coefficient (Wildman–Crippen LogP) is 1.41. The Morgan fingerprint density at radius 1 is 1.27 bits per heavy atom. The van der Waals surface area contributed by atoms with Crippen molar-refractivity contribution in [2.24, 2.45) is 0 Å². The summed E-state index contributed by atoms with van der Waals surface area (Å²) in [6, 6.07) is 8.45. The fraction of sp³-hybridized carbons (Fsp3) is 0.333. The van der Waals surface area contributed by atoms with Crippen LogP contribution in [0.15, 0.2) is 30.6 Å². The average Bonchev–Trinajstić information content (AvgIpc) is 2.78. The van der Waals surface area contributed by atoms with Gasteiger partial charge in [0.2, 0.25) is 6.33 Å². The van der Waals surface area contributed by atoms with E-state index in [2.05, 4.69) is 47.2 Å². The van der Waals surface area contributed by atoms with Gasteiger partial charge >= 0.3 is 0 Å². The number of benzene rings is 1. The summed E-state index contributed by atoms with van der Waals surface area (Å²) in [6.45, 7) is 3.21. The maximum Gasteiger partial charge on any atom is 0.278 e. The molecule has 1 aliphatic heterocycles. The second-order valence-electron chi connectivity index (χ2n) is 4.11. The van der Waals surface area contributed by atoms with E-state index >= 15 is 0 Å². The minimum atomic E-state index is 1.11. The normalized spacial score (nSPS) is 14.2. The molecule has 1 aliphatic rings. The zero-order chi connectivity index (χ0) is 10.3. The zero-order valence-corrected chi connectivity index (χ0v) is 8.85. The third-order valence-electron chi connectivity index (χ3n) is 2.90. The van der Waals surface area contributed by atoms with E-state index in [4.69, 9.17) is 0 Å². The first-order chi connectivity index (χ1) is 7.33. The summed E-state index contributed by atoms with van der Waals surface area (Å²) in [4.78, 5) is 0. The van der Waals surface area contributed by atoms with Gasteiger partial charge in [0.1, 0.15) is 5.69 Å². The van der Waals surface area contributed by atoms with Crippen LogP contribution in [0.1, 0.15) is 17.8 Å². The predicted molar refractivity (Wildman–Crippen MR) is 56.8 cm³/mol. The number of aromatic nitrogens is 3. The Hall–Kier alpha value is -1.64. The molecule has 0 saturated carbocycles. The number of nitrogens with zero attached hydrogens (tertiary/aromatic N) is 3. The van der Waals surface area contributed by atoms with Crippen LogP contribution in [0.4, 0.5) is 0 Å². The maximum atomic E-state index is 4.57. The Morgan fingerprint density at radius 3 is 2.80 bits per heavy atom. The molecular formula is C12H14N3+. The molecule has 0 N–H and O–H groups in total. The van der Waals surface area contributed by atoms with Gasteiger partial charge in [-0.3, -0.25) is 0 Å². The molecule has 2 aromatic rings. The summed E-state index contributed by atoms with van der Waals surface area (Å²) in [6.07, 6.45) is 4.43. The molecular weight excluding hydrogens is 186 g/mol. The Morgan fingerprint density at radius 2 is 2.07 bits per heavy atom. The second kappa shape index (κ2) is 3.19. The van der Waals surface area contributed by atoms with Crippen LogP contribution in [0.25, 0.3) is 5.69 Å². The van der Waals surface area contributed by atoms with Gasteiger partial charge in [-0.05, 0) is 25.5 Å². The van der Waals surface area contributed by atoms with Gasteiger partial charge in [-0.2, -0.15) is 0 Å². The van der Waals surface area contributed by atoms with Crippen molar-refractivity contribution >= 4 is 0 Å². The SMILES string of the molecule is Cc1ccc(-n2c[n+]3c(n2)CCC3)cc1. The summed E-state index contributed by atoms with van der Waals surface area (Å²) in [7, 11) is 0. The molecule has 0 aliphatic carbocycles. The minimum Gasteiger partial charge on any atom is -0.234 e. The highest BCUT2D eigenvalue weighted by molar-refractivity contribution is 5.32. The molecule has 0 unspecified atom stereocenters. The van der Waals surface area contributed by atoms with Crippen LogP contribution in [0, 0.1) is 6.92 Å². The Labute approximate surface area is 89.0 Å². The van der Waals surface area contributed by atoms with Crippen LogP contribution >= 0.6 is 0 Å². The smallest absolute Gasteiger partial charge is 0.234 e. The van der Waals surface area contributed by atoms with E-state index in [-0.39, 0.29) is 0 Å². The largest absolute Gasteiger partial charge is 0.278 e. The van der Waals surface area contributed by atoms with Crippen LogP contribution in [0.3, 0.4) is 0 Å². The first-order valence-electron chi connectivity index (χ1n) is 5.38. The summed E-state index contributed by atoms with van der Waals surface area (Å²) in [5.41, 5.74) is 2.42. The van der Waals surface area contributed by atoms with Crippen molar-refractivity contribution in [3.8, 4) is 5.69 Å². The Balaban J connectivity index is 2.02. The van der Waals surface area contributed by atoms with E-state index in [1.807, 2.05) is 4.68 Å². The lowest BCUT2D eigenvalue weighted by Gasteiger charge is -1.94. The first kappa shape index (κ1) is 8.65. The molecule has 0 spiro atoms. The number of hydrogen-bond donors (Lipinski definition) is 0. The quantitative estimate of drug-likeness (QED) is 0.638. The lowest BCUT2D eigenvalue weighted by molar-refractivity contribution is -0.691. The molecule has 3 heteroatoms. The van der Waals surface area contributed by atoms with E-state index in [0.29, 0.717) is 0 Å². The lowest BCUT2D eigenvalue weighted by Crippen LogP contribution is -2.29.